The van der Waals surface area contributed by atoms with Gasteiger partial charge in [-0.25, -0.2) is 0 Å². The highest BCUT2D eigenvalue weighted by Crippen LogP contribution is 2.39. The Hall–Kier alpha value is -2.70. The normalized spacial score (nSPS) is 15.0. The molecule has 0 radical (unpaired) electrons. The van der Waals surface area contributed by atoms with Gasteiger partial charge in [0.05, 0.1) is 11.5 Å². The van der Waals surface area contributed by atoms with Crippen molar-refractivity contribution >= 4 is 40.5 Å². The summed E-state index contributed by atoms with van der Waals surface area (Å²) in [5.41, 5.74) is 0.107. The Balaban J connectivity index is 2.25. The molecule has 0 aliphatic heterocycles. The lowest BCUT2D eigenvalue weighted by molar-refractivity contribution is -0.481. The van der Waals surface area contributed by atoms with E-state index in [0.29, 0.717) is 5.02 Å². The summed E-state index contributed by atoms with van der Waals surface area (Å²) in [5.74, 6) is -3.46. The first kappa shape index (κ1) is 18.1. The highest BCUT2D eigenvalue weighted by atomic mass is 35.5. The van der Waals surface area contributed by atoms with Crippen molar-refractivity contribution < 1.29 is 19.6 Å². The molecule has 0 aromatic heterocycles. The van der Waals surface area contributed by atoms with Gasteiger partial charge in [-0.2, -0.15) is 0 Å². The number of benzene rings is 2. The van der Waals surface area contributed by atoms with Crippen molar-refractivity contribution in [3.8, 4) is 0 Å². The molecule has 26 heavy (non-hydrogen) atoms. The summed E-state index contributed by atoms with van der Waals surface area (Å²) >= 11 is 12.0. The van der Waals surface area contributed by atoms with Gasteiger partial charge in [0.15, 0.2) is 0 Å². The second-order valence-corrected chi connectivity index (χ2v) is 6.54. The zero-order valence-electron chi connectivity index (χ0n) is 13.1. The average Bonchev–Trinajstić information content (AvgIpc) is 2.59. The average molecular weight is 392 g/mol. The molecule has 1 aliphatic rings. The minimum atomic E-state index is -1.19. The van der Waals surface area contributed by atoms with E-state index in [4.69, 9.17) is 23.2 Å². The molecule has 1 atom stereocenters. The number of ketones is 2. The fraction of sp³-hybridized carbons (Fsp3) is 0.111. The maximum Gasteiger partial charge on any atom is 0.234 e. The molecule has 0 saturated carbocycles. The van der Waals surface area contributed by atoms with Gasteiger partial charge in [-0.15, -0.1) is 0 Å². The van der Waals surface area contributed by atoms with Crippen molar-refractivity contribution in [2.45, 2.75) is 5.92 Å². The van der Waals surface area contributed by atoms with Crippen molar-refractivity contribution in [2.24, 2.45) is 0 Å². The quantitative estimate of drug-likeness (QED) is 0.480. The van der Waals surface area contributed by atoms with E-state index in [1.54, 1.807) is 12.1 Å². The predicted molar refractivity (Wildman–Crippen MR) is 96.4 cm³/mol. The number of nitro groups is 1. The summed E-state index contributed by atoms with van der Waals surface area (Å²) in [6.07, 6.45) is 0. The number of carbonyl (C=O) groups excluding carboxylic acids is 2. The number of aliphatic hydroxyl groups excluding tert-OH is 1. The van der Waals surface area contributed by atoms with Crippen LogP contribution in [0.4, 0.5) is 0 Å². The summed E-state index contributed by atoms with van der Waals surface area (Å²) in [7, 11) is 0. The van der Waals surface area contributed by atoms with Crippen LogP contribution in [-0.4, -0.2) is 28.1 Å². The number of nitrogens with zero attached hydrogens (tertiary/aromatic N) is 1. The van der Waals surface area contributed by atoms with E-state index >= 15 is 0 Å². The van der Waals surface area contributed by atoms with E-state index in [-0.39, 0.29) is 27.3 Å². The van der Waals surface area contributed by atoms with Crippen molar-refractivity contribution in [3.05, 3.63) is 84.9 Å². The maximum atomic E-state index is 12.6. The molecule has 0 amide bonds. The van der Waals surface area contributed by atoms with E-state index in [1.165, 1.54) is 30.3 Å². The number of rotatable bonds is 4. The maximum absolute atomic E-state index is 12.6. The van der Waals surface area contributed by atoms with Crippen molar-refractivity contribution in [1.29, 1.82) is 0 Å². The van der Waals surface area contributed by atoms with Gasteiger partial charge in [-0.1, -0.05) is 53.5 Å². The fourth-order valence-electron chi connectivity index (χ4n) is 2.99. The molecule has 0 heterocycles. The smallest absolute Gasteiger partial charge is 0.234 e. The summed E-state index contributed by atoms with van der Waals surface area (Å²) in [6.45, 7) is -0.720. The third-order valence-corrected chi connectivity index (χ3v) is 4.71. The Labute approximate surface area is 157 Å². The highest BCUT2D eigenvalue weighted by molar-refractivity contribution is 6.52. The summed E-state index contributed by atoms with van der Waals surface area (Å²) < 4.78 is 0. The molecule has 132 valence electrons. The van der Waals surface area contributed by atoms with Gasteiger partial charge in [-0.05, 0) is 17.7 Å². The van der Waals surface area contributed by atoms with Gasteiger partial charge >= 0.3 is 0 Å². The van der Waals surface area contributed by atoms with Gasteiger partial charge in [0.1, 0.15) is 5.76 Å². The number of fused-ring (bicyclic) bond motifs is 1. The number of hydrogen-bond acceptors (Lipinski definition) is 5. The van der Waals surface area contributed by atoms with Gasteiger partial charge in [-0.3, -0.25) is 19.7 Å². The highest BCUT2D eigenvalue weighted by Gasteiger charge is 2.40. The summed E-state index contributed by atoms with van der Waals surface area (Å²) in [5, 5.41) is 22.2. The van der Waals surface area contributed by atoms with E-state index in [0.717, 1.165) is 0 Å². The van der Waals surface area contributed by atoms with E-state index in [2.05, 4.69) is 0 Å². The lowest BCUT2D eigenvalue weighted by atomic mass is 9.79. The predicted octanol–water partition coefficient (Wildman–Crippen LogP) is 4.09. The molecule has 0 unspecified atom stereocenters. The molecular weight excluding hydrogens is 381 g/mol. The zero-order valence-corrected chi connectivity index (χ0v) is 14.6. The Kier molecular flexibility index (Phi) is 4.80. The zero-order chi connectivity index (χ0) is 19.0. The third-order valence-electron chi connectivity index (χ3n) is 4.15. The number of carbonyl (C=O) groups is 2. The van der Waals surface area contributed by atoms with Crippen LogP contribution in [0.15, 0.2) is 48.0 Å². The van der Waals surface area contributed by atoms with Crippen molar-refractivity contribution in [2.75, 3.05) is 6.54 Å². The van der Waals surface area contributed by atoms with Crippen LogP contribution in [0.25, 0.3) is 5.76 Å². The SMILES string of the molecule is O=C1C(=O)c2ccccc2C(O)=C1[C@H](C[N+](=O)[O-])c1ccc(Cl)cc1Cl. The van der Waals surface area contributed by atoms with Gasteiger partial charge in [0, 0.05) is 26.1 Å². The van der Waals surface area contributed by atoms with E-state index in [9.17, 15) is 24.8 Å². The van der Waals surface area contributed by atoms with Crippen LogP contribution in [-0.2, 0) is 4.79 Å². The molecule has 0 fully saturated rings. The third kappa shape index (κ3) is 3.09. The summed E-state index contributed by atoms with van der Waals surface area (Å²) in [6, 6.07) is 10.3. The Bertz CT molecular complexity index is 983. The number of Topliss-reactive ketones (excluding diaryl/α,β-unsaturated/α-hetero) is 2. The molecule has 0 bridgehead atoms. The second-order valence-electron chi connectivity index (χ2n) is 5.70. The molecule has 8 heteroatoms. The van der Waals surface area contributed by atoms with Crippen LogP contribution in [0.1, 0.15) is 27.4 Å². The largest absolute Gasteiger partial charge is 0.507 e. The van der Waals surface area contributed by atoms with Gasteiger partial charge < -0.3 is 5.11 Å². The topological polar surface area (TPSA) is 97.5 Å². The first-order chi connectivity index (χ1) is 12.3. The minimum absolute atomic E-state index is 0.0563. The van der Waals surface area contributed by atoms with Crippen LogP contribution in [0.5, 0.6) is 0 Å². The van der Waals surface area contributed by atoms with Crippen LogP contribution in [0.3, 0.4) is 0 Å². The molecule has 0 spiro atoms. The first-order valence-electron chi connectivity index (χ1n) is 7.49. The number of hydrogen-bond donors (Lipinski definition) is 1. The molecule has 0 saturated heterocycles. The minimum Gasteiger partial charge on any atom is -0.507 e. The lowest BCUT2D eigenvalue weighted by Crippen LogP contribution is -2.30. The molecule has 1 aliphatic carbocycles. The Morgan fingerprint density at radius 1 is 1.04 bits per heavy atom. The van der Waals surface area contributed by atoms with Gasteiger partial charge in [0.25, 0.3) is 0 Å². The Morgan fingerprint density at radius 2 is 1.69 bits per heavy atom. The Morgan fingerprint density at radius 3 is 2.31 bits per heavy atom. The van der Waals surface area contributed by atoms with Crippen LogP contribution in [0.2, 0.25) is 10.0 Å². The lowest BCUT2D eigenvalue weighted by Gasteiger charge is -2.23. The summed E-state index contributed by atoms with van der Waals surface area (Å²) in [4.78, 5) is 35.6. The molecule has 2 aromatic rings. The first-order valence-corrected chi connectivity index (χ1v) is 8.25. The van der Waals surface area contributed by atoms with E-state index in [1.807, 2.05) is 0 Å². The fourth-order valence-corrected chi connectivity index (χ4v) is 3.53. The number of aliphatic hydroxyl groups is 1. The molecular formula is C18H11Cl2NO5. The van der Waals surface area contributed by atoms with Gasteiger partial charge in [0.2, 0.25) is 18.1 Å². The van der Waals surface area contributed by atoms with E-state index < -0.39 is 34.7 Å². The molecule has 1 N–H and O–H groups in total. The van der Waals surface area contributed by atoms with Crippen molar-refractivity contribution in [3.63, 3.8) is 0 Å². The second kappa shape index (κ2) is 6.90. The monoisotopic (exact) mass is 391 g/mol. The molecule has 6 nitrogen and oxygen atoms in total. The van der Waals surface area contributed by atoms with Crippen LogP contribution in [0, 0.1) is 10.1 Å². The standard InChI is InChI=1S/C18H11Cl2NO5/c19-9-5-6-10(14(20)7-9)13(8-21(25)26)15-16(22)11-3-1-2-4-12(11)17(23)18(15)24/h1-7,13,22H,8H2/t13-/m1/s1. The number of halogens is 2. The molecule has 3 rings (SSSR count). The molecule has 2 aromatic carbocycles. The van der Waals surface area contributed by atoms with Crippen molar-refractivity contribution in [1.82, 2.24) is 0 Å². The van der Waals surface area contributed by atoms with Crippen LogP contribution < -0.4 is 0 Å². The van der Waals surface area contributed by atoms with Crippen LogP contribution >= 0.6 is 23.2 Å².